The van der Waals surface area contributed by atoms with Gasteiger partial charge >= 0.3 is 0 Å². The Hall–Kier alpha value is -0.530. The van der Waals surface area contributed by atoms with Crippen LogP contribution in [0.3, 0.4) is 0 Å². The zero-order valence-electron chi connectivity index (χ0n) is 11.4. The minimum atomic E-state index is 0.0796. The third kappa shape index (κ3) is 3.46. The van der Waals surface area contributed by atoms with Crippen LogP contribution < -0.4 is 5.32 Å². The Morgan fingerprint density at radius 2 is 1.65 bits per heavy atom. The molecule has 0 aliphatic heterocycles. The van der Waals surface area contributed by atoms with Gasteiger partial charge in [-0.25, -0.2) is 0 Å². The van der Waals surface area contributed by atoms with Crippen molar-refractivity contribution in [3.8, 4) is 0 Å². The molecule has 0 aromatic heterocycles. The lowest BCUT2D eigenvalue weighted by Crippen LogP contribution is -2.45. The highest BCUT2D eigenvalue weighted by atomic mass is 35.5. The van der Waals surface area contributed by atoms with E-state index in [1.165, 1.54) is 16.7 Å². The normalized spacial score (nSPS) is 11.8. The molecule has 0 heterocycles. The molecule has 1 rings (SSSR count). The smallest absolute Gasteiger partial charge is 0.0405 e. The maximum absolute atomic E-state index is 6.11. The van der Waals surface area contributed by atoms with Crippen molar-refractivity contribution in [2.24, 2.45) is 0 Å². The van der Waals surface area contributed by atoms with E-state index in [-0.39, 0.29) is 5.54 Å². The molecule has 0 saturated carbocycles. The van der Waals surface area contributed by atoms with E-state index in [9.17, 15) is 0 Å². The van der Waals surface area contributed by atoms with Crippen molar-refractivity contribution >= 4 is 11.6 Å². The number of hydrogen-bond donors (Lipinski definition) is 1. The van der Waals surface area contributed by atoms with Crippen molar-refractivity contribution in [2.45, 2.75) is 52.6 Å². The summed E-state index contributed by atoms with van der Waals surface area (Å²) in [5.41, 5.74) is 4.20. The molecular weight excluding hydrogens is 230 g/mol. The van der Waals surface area contributed by atoms with E-state index < -0.39 is 0 Å². The maximum Gasteiger partial charge on any atom is 0.0405 e. The largest absolute Gasteiger partial charge is 0.306 e. The van der Waals surface area contributed by atoms with Crippen molar-refractivity contribution in [3.63, 3.8) is 0 Å². The van der Waals surface area contributed by atoms with Crippen molar-refractivity contribution in [2.75, 3.05) is 5.88 Å². The van der Waals surface area contributed by atoms with Gasteiger partial charge in [-0.05, 0) is 43.4 Å². The first kappa shape index (κ1) is 14.5. The highest BCUT2D eigenvalue weighted by Crippen LogP contribution is 2.20. The van der Waals surface area contributed by atoms with E-state index in [1.807, 2.05) is 0 Å². The van der Waals surface area contributed by atoms with Crippen LogP contribution in [0.4, 0.5) is 0 Å². The first-order valence-electron chi connectivity index (χ1n) is 6.44. The Kier molecular flexibility index (Phi) is 5.48. The second-order valence-corrected chi connectivity index (χ2v) is 5.11. The van der Waals surface area contributed by atoms with Crippen LogP contribution in [0, 0.1) is 13.8 Å². The van der Waals surface area contributed by atoms with E-state index in [0.29, 0.717) is 5.88 Å². The van der Waals surface area contributed by atoms with Gasteiger partial charge in [-0.3, -0.25) is 0 Å². The van der Waals surface area contributed by atoms with Crippen LogP contribution in [-0.2, 0) is 6.54 Å². The second kappa shape index (κ2) is 6.42. The molecule has 0 spiro atoms. The quantitative estimate of drug-likeness (QED) is 0.750. The van der Waals surface area contributed by atoms with E-state index in [0.717, 1.165) is 19.4 Å². The SMILES string of the molecule is CCC(CC)(CCl)NCc1c(C)cccc1C. The third-order valence-corrected chi connectivity index (χ3v) is 4.41. The highest BCUT2D eigenvalue weighted by molar-refractivity contribution is 6.18. The lowest BCUT2D eigenvalue weighted by molar-refractivity contribution is 0.334. The van der Waals surface area contributed by atoms with Crippen molar-refractivity contribution in [1.82, 2.24) is 5.32 Å². The summed E-state index contributed by atoms with van der Waals surface area (Å²) in [6, 6.07) is 6.46. The predicted molar refractivity (Wildman–Crippen MR) is 76.8 cm³/mol. The minimum absolute atomic E-state index is 0.0796. The lowest BCUT2D eigenvalue weighted by Gasteiger charge is -2.31. The fourth-order valence-electron chi connectivity index (χ4n) is 2.14. The zero-order chi connectivity index (χ0) is 12.9. The molecule has 0 saturated heterocycles. The highest BCUT2D eigenvalue weighted by Gasteiger charge is 2.24. The summed E-state index contributed by atoms with van der Waals surface area (Å²) in [4.78, 5) is 0. The topological polar surface area (TPSA) is 12.0 Å². The van der Waals surface area contributed by atoms with Crippen LogP contribution in [0.2, 0.25) is 0 Å². The van der Waals surface area contributed by atoms with Crippen molar-refractivity contribution < 1.29 is 0 Å². The summed E-state index contributed by atoms with van der Waals surface area (Å²) in [7, 11) is 0. The first-order valence-corrected chi connectivity index (χ1v) is 6.98. The van der Waals surface area contributed by atoms with Gasteiger partial charge in [-0.2, -0.15) is 0 Å². The molecule has 0 aliphatic carbocycles. The van der Waals surface area contributed by atoms with E-state index in [4.69, 9.17) is 11.6 Å². The average Bonchev–Trinajstić information content (AvgIpc) is 2.34. The summed E-state index contributed by atoms with van der Waals surface area (Å²) in [6.45, 7) is 9.65. The van der Waals surface area contributed by atoms with Crippen molar-refractivity contribution in [3.05, 3.63) is 34.9 Å². The van der Waals surface area contributed by atoms with Gasteiger partial charge in [0.1, 0.15) is 0 Å². The van der Waals surface area contributed by atoms with Crippen molar-refractivity contribution in [1.29, 1.82) is 0 Å². The standard InChI is InChI=1S/C15H24ClN/c1-5-15(6-2,11-16)17-10-14-12(3)8-7-9-13(14)4/h7-9,17H,5-6,10-11H2,1-4H3. The van der Waals surface area contributed by atoms with Crippen LogP contribution >= 0.6 is 11.6 Å². The average molecular weight is 254 g/mol. The Morgan fingerprint density at radius 1 is 1.12 bits per heavy atom. The van der Waals surface area contributed by atoms with Gasteiger partial charge in [0.05, 0.1) is 0 Å². The van der Waals surface area contributed by atoms with Gasteiger partial charge in [0.25, 0.3) is 0 Å². The molecule has 2 heteroatoms. The molecule has 0 radical (unpaired) electrons. The molecule has 1 aromatic rings. The molecule has 0 unspecified atom stereocenters. The Bertz CT molecular complexity index is 327. The number of hydrogen-bond acceptors (Lipinski definition) is 1. The van der Waals surface area contributed by atoms with E-state index in [2.05, 4.69) is 51.2 Å². The molecule has 1 aromatic carbocycles. The number of aryl methyl sites for hydroxylation is 2. The van der Waals surface area contributed by atoms with Crippen LogP contribution in [0.5, 0.6) is 0 Å². The van der Waals surface area contributed by atoms with Gasteiger partial charge in [-0.1, -0.05) is 32.0 Å². The molecule has 96 valence electrons. The molecule has 1 N–H and O–H groups in total. The van der Waals surface area contributed by atoms with Crippen LogP contribution in [0.15, 0.2) is 18.2 Å². The van der Waals surface area contributed by atoms with Crippen LogP contribution in [0.1, 0.15) is 43.4 Å². The monoisotopic (exact) mass is 253 g/mol. The molecule has 0 bridgehead atoms. The Morgan fingerprint density at radius 3 is 2.06 bits per heavy atom. The molecule has 0 aliphatic rings. The maximum atomic E-state index is 6.11. The number of nitrogens with one attached hydrogen (secondary N) is 1. The van der Waals surface area contributed by atoms with Gasteiger partial charge in [0.2, 0.25) is 0 Å². The molecule has 1 nitrogen and oxygen atoms in total. The summed E-state index contributed by atoms with van der Waals surface area (Å²) in [6.07, 6.45) is 2.13. The summed E-state index contributed by atoms with van der Waals surface area (Å²) < 4.78 is 0. The first-order chi connectivity index (χ1) is 8.08. The predicted octanol–water partition coefficient (Wildman–Crippen LogP) is 4.19. The van der Waals surface area contributed by atoms with Crippen LogP contribution in [0.25, 0.3) is 0 Å². The number of halogens is 1. The fraction of sp³-hybridized carbons (Fsp3) is 0.600. The van der Waals surface area contributed by atoms with Gasteiger partial charge < -0.3 is 5.32 Å². The molecule has 0 amide bonds. The zero-order valence-corrected chi connectivity index (χ0v) is 12.2. The lowest BCUT2D eigenvalue weighted by atomic mass is 9.94. The minimum Gasteiger partial charge on any atom is -0.306 e. The Labute approximate surface area is 111 Å². The fourth-order valence-corrected chi connectivity index (χ4v) is 2.61. The van der Waals surface area contributed by atoms with Gasteiger partial charge in [0, 0.05) is 18.0 Å². The Balaban J connectivity index is 2.79. The van der Waals surface area contributed by atoms with E-state index >= 15 is 0 Å². The number of alkyl halides is 1. The molecule has 0 fully saturated rings. The summed E-state index contributed by atoms with van der Waals surface area (Å²) >= 11 is 6.11. The number of benzene rings is 1. The van der Waals surface area contributed by atoms with Gasteiger partial charge in [0.15, 0.2) is 0 Å². The third-order valence-electron chi connectivity index (χ3n) is 3.89. The number of rotatable bonds is 6. The van der Waals surface area contributed by atoms with Gasteiger partial charge in [-0.15, -0.1) is 11.6 Å². The molecule has 17 heavy (non-hydrogen) atoms. The van der Waals surface area contributed by atoms with E-state index in [1.54, 1.807) is 0 Å². The molecular formula is C15H24ClN. The molecule has 0 atom stereocenters. The van der Waals surface area contributed by atoms with Crippen LogP contribution in [-0.4, -0.2) is 11.4 Å². The summed E-state index contributed by atoms with van der Waals surface area (Å²) in [5.74, 6) is 0.672. The summed E-state index contributed by atoms with van der Waals surface area (Å²) in [5, 5.41) is 3.65. The second-order valence-electron chi connectivity index (χ2n) is 4.84.